The molecule has 3 atom stereocenters. The molecule has 4 nitrogen and oxygen atoms in total. The lowest BCUT2D eigenvalue weighted by atomic mass is 9.92. The SMILES string of the molecule is CCC(C)(CO)NC(=O)C1CCCCCC1N. The summed E-state index contributed by atoms with van der Waals surface area (Å²) < 4.78 is 0. The van der Waals surface area contributed by atoms with Crippen LogP contribution in [-0.4, -0.2) is 29.2 Å². The molecule has 0 radical (unpaired) electrons. The van der Waals surface area contributed by atoms with Crippen molar-refractivity contribution in [1.29, 1.82) is 0 Å². The molecule has 4 N–H and O–H groups in total. The van der Waals surface area contributed by atoms with E-state index in [0.29, 0.717) is 0 Å². The highest BCUT2D eigenvalue weighted by Crippen LogP contribution is 2.23. The van der Waals surface area contributed by atoms with E-state index in [9.17, 15) is 9.90 Å². The van der Waals surface area contributed by atoms with E-state index in [1.54, 1.807) is 0 Å². The molecule has 0 aromatic rings. The maximum atomic E-state index is 12.2. The van der Waals surface area contributed by atoms with Crippen molar-refractivity contribution >= 4 is 5.91 Å². The number of rotatable bonds is 4. The molecule has 1 amide bonds. The van der Waals surface area contributed by atoms with Crippen LogP contribution in [0, 0.1) is 5.92 Å². The highest BCUT2D eigenvalue weighted by Gasteiger charge is 2.31. The lowest BCUT2D eigenvalue weighted by molar-refractivity contribution is -0.128. The smallest absolute Gasteiger partial charge is 0.225 e. The Morgan fingerprint density at radius 1 is 1.41 bits per heavy atom. The summed E-state index contributed by atoms with van der Waals surface area (Å²) in [6.07, 6.45) is 5.89. The molecule has 1 rings (SSSR count). The molecule has 0 heterocycles. The van der Waals surface area contributed by atoms with Gasteiger partial charge in [0.2, 0.25) is 5.91 Å². The number of nitrogens with two attached hydrogens (primary N) is 1. The zero-order valence-corrected chi connectivity index (χ0v) is 11.0. The fourth-order valence-corrected chi connectivity index (χ4v) is 2.29. The van der Waals surface area contributed by atoms with Crippen LogP contribution in [0.5, 0.6) is 0 Å². The molecule has 100 valence electrons. The minimum Gasteiger partial charge on any atom is -0.394 e. The summed E-state index contributed by atoms with van der Waals surface area (Å²) >= 11 is 0. The van der Waals surface area contributed by atoms with Crippen LogP contribution in [0.4, 0.5) is 0 Å². The quantitative estimate of drug-likeness (QED) is 0.648. The lowest BCUT2D eigenvalue weighted by Gasteiger charge is -2.31. The van der Waals surface area contributed by atoms with Gasteiger partial charge in [-0.25, -0.2) is 0 Å². The number of amides is 1. The number of aliphatic hydroxyl groups is 1. The Hall–Kier alpha value is -0.610. The highest BCUT2D eigenvalue weighted by molar-refractivity contribution is 5.80. The Balaban J connectivity index is 2.61. The fourth-order valence-electron chi connectivity index (χ4n) is 2.29. The van der Waals surface area contributed by atoms with Crippen LogP contribution in [0.2, 0.25) is 0 Å². The van der Waals surface area contributed by atoms with Gasteiger partial charge in [0.15, 0.2) is 0 Å². The molecule has 0 spiro atoms. The molecule has 1 fully saturated rings. The maximum absolute atomic E-state index is 12.2. The van der Waals surface area contributed by atoms with E-state index < -0.39 is 5.54 Å². The fraction of sp³-hybridized carbons (Fsp3) is 0.923. The largest absolute Gasteiger partial charge is 0.394 e. The number of carbonyl (C=O) groups excluding carboxylic acids is 1. The number of carbonyl (C=O) groups is 1. The van der Waals surface area contributed by atoms with E-state index in [1.165, 1.54) is 6.42 Å². The maximum Gasteiger partial charge on any atom is 0.225 e. The zero-order chi connectivity index (χ0) is 12.9. The van der Waals surface area contributed by atoms with Crippen LogP contribution < -0.4 is 11.1 Å². The summed E-state index contributed by atoms with van der Waals surface area (Å²) in [5.41, 5.74) is 5.55. The van der Waals surface area contributed by atoms with E-state index in [1.807, 2.05) is 13.8 Å². The van der Waals surface area contributed by atoms with Crippen molar-refractivity contribution in [2.75, 3.05) is 6.61 Å². The predicted molar refractivity (Wildman–Crippen MR) is 68.5 cm³/mol. The Labute approximate surface area is 104 Å². The zero-order valence-electron chi connectivity index (χ0n) is 11.0. The van der Waals surface area contributed by atoms with Gasteiger partial charge >= 0.3 is 0 Å². The van der Waals surface area contributed by atoms with Crippen molar-refractivity contribution in [2.24, 2.45) is 11.7 Å². The second-order valence-electron chi connectivity index (χ2n) is 5.47. The third-order valence-corrected chi connectivity index (χ3v) is 3.96. The summed E-state index contributed by atoms with van der Waals surface area (Å²) in [5, 5.41) is 12.3. The van der Waals surface area contributed by atoms with E-state index in [4.69, 9.17) is 5.73 Å². The van der Waals surface area contributed by atoms with Crippen LogP contribution >= 0.6 is 0 Å². The van der Waals surface area contributed by atoms with Gasteiger partial charge in [-0.15, -0.1) is 0 Å². The van der Waals surface area contributed by atoms with Gasteiger partial charge in [-0.2, -0.15) is 0 Å². The van der Waals surface area contributed by atoms with Crippen LogP contribution in [0.3, 0.4) is 0 Å². The average molecular weight is 242 g/mol. The van der Waals surface area contributed by atoms with Crippen molar-refractivity contribution < 1.29 is 9.90 Å². The number of hydrogen-bond donors (Lipinski definition) is 3. The third-order valence-electron chi connectivity index (χ3n) is 3.96. The van der Waals surface area contributed by atoms with Gasteiger partial charge < -0.3 is 16.2 Å². The van der Waals surface area contributed by atoms with Crippen molar-refractivity contribution in [3.8, 4) is 0 Å². The molecule has 0 saturated heterocycles. The summed E-state index contributed by atoms with van der Waals surface area (Å²) in [7, 11) is 0. The molecule has 0 bridgehead atoms. The van der Waals surface area contributed by atoms with Gasteiger partial charge in [-0.05, 0) is 26.2 Å². The third kappa shape index (κ3) is 3.96. The molecule has 4 heteroatoms. The van der Waals surface area contributed by atoms with Gasteiger partial charge in [0.1, 0.15) is 0 Å². The van der Waals surface area contributed by atoms with Crippen molar-refractivity contribution in [3.05, 3.63) is 0 Å². The van der Waals surface area contributed by atoms with Crippen LogP contribution in [0.15, 0.2) is 0 Å². The van der Waals surface area contributed by atoms with Crippen molar-refractivity contribution in [1.82, 2.24) is 5.32 Å². The van der Waals surface area contributed by atoms with Crippen molar-refractivity contribution in [2.45, 2.75) is 64.0 Å². The molecule has 1 aliphatic rings. The molecule has 1 saturated carbocycles. The summed E-state index contributed by atoms with van der Waals surface area (Å²) in [4.78, 5) is 12.2. The highest BCUT2D eigenvalue weighted by atomic mass is 16.3. The molecule has 17 heavy (non-hydrogen) atoms. The standard InChI is InChI=1S/C13H26N2O2/c1-3-13(2,9-16)15-12(17)10-7-5-4-6-8-11(10)14/h10-11,16H,3-9,14H2,1-2H3,(H,15,17). The summed E-state index contributed by atoms with van der Waals surface area (Å²) in [6, 6.07) is -0.0303. The first-order valence-electron chi connectivity index (χ1n) is 6.71. The predicted octanol–water partition coefficient (Wildman–Crippen LogP) is 1.17. The second kappa shape index (κ2) is 6.36. The molecule has 3 unspecified atom stereocenters. The minimum atomic E-state index is -0.511. The van der Waals surface area contributed by atoms with Gasteiger partial charge in [-0.1, -0.05) is 26.2 Å². The number of aliphatic hydroxyl groups excluding tert-OH is 1. The Morgan fingerprint density at radius 3 is 2.65 bits per heavy atom. The number of hydrogen-bond acceptors (Lipinski definition) is 3. The van der Waals surface area contributed by atoms with E-state index >= 15 is 0 Å². The van der Waals surface area contributed by atoms with Crippen LogP contribution in [0.25, 0.3) is 0 Å². The van der Waals surface area contributed by atoms with Gasteiger partial charge in [-0.3, -0.25) is 4.79 Å². The minimum absolute atomic E-state index is 0.0119. The normalized spacial score (nSPS) is 29.2. The first-order valence-corrected chi connectivity index (χ1v) is 6.71. The monoisotopic (exact) mass is 242 g/mol. The Bertz CT molecular complexity index is 252. The first kappa shape index (κ1) is 14.5. The molecule has 0 aliphatic heterocycles. The second-order valence-corrected chi connectivity index (χ2v) is 5.47. The van der Waals surface area contributed by atoms with E-state index in [2.05, 4.69) is 5.32 Å². The molecular weight excluding hydrogens is 216 g/mol. The molecule has 0 aromatic heterocycles. The average Bonchev–Trinajstić information content (AvgIpc) is 2.53. The van der Waals surface area contributed by atoms with Crippen LogP contribution in [0.1, 0.15) is 52.4 Å². The summed E-state index contributed by atoms with van der Waals surface area (Å²) in [6.45, 7) is 3.80. The van der Waals surface area contributed by atoms with E-state index in [-0.39, 0.29) is 24.5 Å². The Kier molecular flexibility index (Phi) is 5.40. The molecule has 0 aromatic carbocycles. The van der Waals surface area contributed by atoms with E-state index in [0.717, 1.165) is 32.1 Å². The van der Waals surface area contributed by atoms with Gasteiger partial charge in [0.05, 0.1) is 18.1 Å². The van der Waals surface area contributed by atoms with Gasteiger partial charge in [0.25, 0.3) is 0 Å². The molecular formula is C13H26N2O2. The van der Waals surface area contributed by atoms with Crippen LogP contribution in [-0.2, 0) is 4.79 Å². The number of nitrogens with one attached hydrogen (secondary N) is 1. The van der Waals surface area contributed by atoms with Crippen molar-refractivity contribution in [3.63, 3.8) is 0 Å². The molecule has 1 aliphatic carbocycles. The summed E-state index contributed by atoms with van der Waals surface area (Å²) in [5.74, 6) is -0.0762. The first-order chi connectivity index (χ1) is 8.02. The Morgan fingerprint density at radius 2 is 2.06 bits per heavy atom. The topological polar surface area (TPSA) is 75.3 Å². The lowest BCUT2D eigenvalue weighted by Crippen LogP contribution is -2.53. The van der Waals surface area contributed by atoms with Gasteiger partial charge in [0, 0.05) is 6.04 Å².